The highest BCUT2D eigenvalue weighted by Crippen LogP contribution is 2.17. The standard InChI is InChI=1S/C24H26N6O6/c25-11-15-6-8-17(9-7-15)18(10-21(32)33)28-20(31)13-26-22(34)19-14-36-24(29-19)30-23(35)27-12-16-4-2-1-3-5-16/h1-9,14,18H,10-13,25H2,(H,26,34)(H,28,31)(H,32,33)(H2,27,29,30,35). The van der Waals surface area contributed by atoms with Crippen molar-refractivity contribution in [3.63, 3.8) is 0 Å². The number of nitrogens with one attached hydrogen (secondary N) is 4. The second-order valence-corrected chi connectivity index (χ2v) is 7.68. The van der Waals surface area contributed by atoms with Crippen molar-refractivity contribution in [2.75, 3.05) is 11.9 Å². The van der Waals surface area contributed by atoms with Crippen molar-refractivity contribution in [3.05, 3.63) is 83.2 Å². The lowest BCUT2D eigenvalue weighted by Crippen LogP contribution is -2.39. The molecule has 2 aromatic carbocycles. The van der Waals surface area contributed by atoms with Gasteiger partial charge in [0, 0.05) is 13.1 Å². The summed E-state index contributed by atoms with van der Waals surface area (Å²) < 4.78 is 5.08. The first-order valence-corrected chi connectivity index (χ1v) is 11.0. The van der Waals surface area contributed by atoms with E-state index in [2.05, 4.69) is 26.3 Å². The Balaban J connectivity index is 1.48. The molecule has 0 spiro atoms. The SMILES string of the molecule is NCc1ccc(C(CC(=O)O)NC(=O)CNC(=O)c2coc(NC(=O)NCc3ccccc3)n2)cc1. The van der Waals surface area contributed by atoms with Gasteiger partial charge in [0.1, 0.15) is 6.26 Å². The summed E-state index contributed by atoms with van der Waals surface area (Å²) in [5.74, 6) is -2.41. The van der Waals surface area contributed by atoms with Crippen LogP contribution in [0.3, 0.4) is 0 Å². The Kier molecular flexibility index (Phi) is 9.12. The van der Waals surface area contributed by atoms with Crippen molar-refractivity contribution in [2.24, 2.45) is 5.73 Å². The number of hydrogen-bond acceptors (Lipinski definition) is 7. The first kappa shape index (κ1) is 25.9. The fourth-order valence-electron chi connectivity index (χ4n) is 3.16. The van der Waals surface area contributed by atoms with E-state index < -0.39 is 36.4 Å². The summed E-state index contributed by atoms with van der Waals surface area (Å²) in [6, 6.07) is 14.6. The molecule has 7 N–H and O–H groups in total. The second-order valence-electron chi connectivity index (χ2n) is 7.68. The molecule has 0 aliphatic rings. The molecule has 3 rings (SSSR count). The summed E-state index contributed by atoms with van der Waals surface area (Å²) in [6.07, 6.45) is 0.693. The van der Waals surface area contributed by atoms with Crippen LogP contribution >= 0.6 is 0 Å². The average molecular weight is 495 g/mol. The van der Waals surface area contributed by atoms with Crippen LogP contribution in [0.5, 0.6) is 0 Å². The van der Waals surface area contributed by atoms with Crippen molar-refractivity contribution in [1.82, 2.24) is 20.9 Å². The van der Waals surface area contributed by atoms with Gasteiger partial charge in [0.15, 0.2) is 5.69 Å². The average Bonchev–Trinajstić information content (AvgIpc) is 3.34. The van der Waals surface area contributed by atoms with Crippen molar-refractivity contribution >= 4 is 29.8 Å². The van der Waals surface area contributed by atoms with Crippen molar-refractivity contribution in [1.29, 1.82) is 0 Å². The van der Waals surface area contributed by atoms with Gasteiger partial charge in [0.05, 0.1) is 19.0 Å². The zero-order valence-electron chi connectivity index (χ0n) is 19.2. The number of carbonyl (C=O) groups excluding carboxylic acids is 3. The van der Waals surface area contributed by atoms with Crippen LogP contribution in [0.1, 0.15) is 39.6 Å². The lowest BCUT2D eigenvalue weighted by Gasteiger charge is -2.18. The van der Waals surface area contributed by atoms with Gasteiger partial charge in [-0.2, -0.15) is 4.98 Å². The smallest absolute Gasteiger partial charge is 0.323 e. The maximum atomic E-state index is 12.4. The molecule has 3 aromatic rings. The summed E-state index contributed by atoms with van der Waals surface area (Å²) in [6.45, 7) is 0.193. The van der Waals surface area contributed by atoms with Crippen LogP contribution in [0.15, 0.2) is 65.3 Å². The molecule has 1 heterocycles. The van der Waals surface area contributed by atoms with Crippen molar-refractivity contribution < 1.29 is 28.7 Å². The number of anilines is 1. The molecule has 0 aliphatic carbocycles. The van der Waals surface area contributed by atoms with Gasteiger partial charge in [-0.25, -0.2) is 4.79 Å². The summed E-state index contributed by atoms with van der Waals surface area (Å²) in [5.41, 5.74) is 7.77. The third kappa shape index (κ3) is 7.95. The third-order valence-electron chi connectivity index (χ3n) is 4.99. The number of nitrogens with zero attached hydrogens (tertiary/aromatic N) is 1. The van der Waals surface area contributed by atoms with Crippen LogP contribution < -0.4 is 27.0 Å². The second kappa shape index (κ2) is 12.7. The predicted molar refractivity (Wildman–Crippen MR) is 129 cm³/mol. The number of oxazole rings is 1. The topological polar surface area (TPSA) is 189 Å². The minimum absolute atomic E-state index is 0.152. The number of urea groups is 1. The Hall–Kier alpha value is -4.71. The molecule has 0 saturated carbocycles. The van der Waals surface area contributed by atoms with E-state index in [9.17, 15) is 24.3 Å². The van der Waals surface area contributed by atoms with E-state index >= 15 is 0 Å². The first-order chi connectivity index (χ1) is 17.3. The molecule has 0 fully saturated rings. The van der Waals surface area contributed by atoms with Crippen LogP contribution in [0.25, 0.3) is 0 Å². The lowest BCUT2D eigenvalue weighted by atomic mass is 10.0. The number of rotatable bonds is 11. The summed E-state index contributed by atoms with van der Waals surface area (Å²) in [4.78, 5) is 51.8. The first-order valence-electron chi connectivity index (χ1n) is 11.0. The fraction of sp³-hybridized carbons (Fsp3) is 0.208. The summed E-state index contributed by atoms with van der Waals surface area (Å²) >= 11 is 0. The number of nitrogens with two attached hydrogens (primary N) is 1. The maximum absolute atomic E-state index is 12.4. The van der Waals surface area contributed by atoms with Gasteiger partial charge in [0.25, 0.3) is 5.91 Å². The van der Waals surface area contributed by atoms with E-state index in [1.54, 1.807) is 24.3 Å². The summed E-state index contributed by atoms with van der Waals surface area (Å²) in [7, 11) is 0. The highest BCUT2D eigenvalue weighted by atomic mass is 16.4. The van der Waals surface area contributed by atoms with Gasteiger partial charge >= 0.3 is 18.0 Å². The third-order valence-corrected chi connectivity index (χ3v) is 4.99. The number of carboxylic acids is 1. The highest BCUT2D eigenvalue weighted by Gasteiger charge is 2.20. The molecule has 4 amide bonds. The number of benzene rings is 2. The van der Waals surface area contributed by atoms with Gasteiger partial charge in [-0.3, -0.25) is 19.7 Å². The van der Waals surface area contributed by atoms with Crippen molar-refractivity contribution in [3.8, 4) is 0 Å². The number of aromatic nitrogens is 1. The van der Waals surface area contributed by atoms with E-state index in [4.69, 9.17) is 10.2 Å². The number of carboxylic acid groups (broad SMARTS) is 1. The fourth-order valence-corrected chi connectivity index (χ4v) is 3.16. The van der Waals surface area contributed by atoms with E-state index in [1.165, 1.54) is 0 Å². The minimum atomic E-state index is -1.09. The van der Waals surface area contributed by atoms with Crippen LogP contribution in [0, 0.1) is 0 Å². The Morgan fingerprint density at radius 1 is 0.972 bits per heavy atom. The van der Waals surface area contributed by atoms with Gasteiger partial charge in [-0.05, 0) is 16.7 Å². The largest absolute Gasteiger partial charge is 0.481 e. The van der Waals surface area contributed by atoms with E-state index in [0.29, 0.717) is 12.1 Å². The number of hydrogen-bond donors (Lipinski definition) is 6. The molecule has 12 heteroatoms. The zero-order valence-corrected chi connectivity index (χ0v) is 19.2. The molecule has 36 heavy (non-hydrogen) atoms. The quantitative estimate of drug-likeness (QED) is 0.231. The lowest BCUT2D eigenvalue weighted by molar-refractivity contribution is -0.137. The molecule has 1 aromatic heterocycles. The number of carbonyl (C=O) groups is 4. The highest BCUT2D eigenvalue weighted by molar-refractivity contribution is 5.95. The predicted octanol–water partition coefficient (Wildman–Crippen LogP) is 1.52. The van der Waals surface area contributed by atoms with Crippen LogP contribution in [0.2, 0.25) is 0 Å². The van der Waals surface area contributed by atoms with Crippen LogP contribution in [0.4, 0.5) is 10.8 Å². The monoisotopic (exact) mass is 494 g/mol. The van der Waals surface area contributed by atoms with Gasteiger partial charge in [-0.1, -0.05) is 54.6 Å². The molecule has 0 radical (unpaired) electrons. The zero-order chi connectivity index (χ0) is 25.9. The van der Waals surface area contributed by atoms with E-state index in [0.717, 1.165) is 17.4 Å². The van der Waals surface area contributed by atoms with Gasteiger partial charge in [0.2, 0.25) is 5.91 Å². The van der Waals surface area contributed by atoms with Crippen LogP contribution in [-0.4, -0.2) is 40.5 Å². The Morgan fingerprint density at radius 3 is 2.36 bits per heavy atom. The Bertz CT molecular complexity index is 1200. The summed E-state index contributed by atoms with van der Waals surface area (Å²) in [5, 5.41) is 19.2. The van der Waals surface area contributed by atoms with E-state index in [-0.39, 0.29) is 24.7 Å². The van der Waals surface area contributed by atoms with E-state index in [1.807, 2.05) is 30.3 Å². The Labute approximate surface area is 206 Å². The normalized spacial score (nSPS) is 11.2. The molecule has 188 valence electrons. The molecule has 1 atom stereocenters. The molecule has 12 nitrogen and oxygen atoms in total. The van der Waals surface area contributed by atoms with Gasteiger partial charge < -0.3 is 31.2 Å². The number of amides is 4. The molecule has 1 unspecified atom stereocenters. The van der Waals surface area contributed by atoms with Crippen LogP contribution in [-0.2, 0) is 22.7 Å². The molecular weight excluding hydrogens is 468 g/mol. The Morgan fingerprint density at radius 2 is 1.69 bits per heavy atom. The van der Waals surface area contributed by atoms with Crippen molar-refractivity contribution in [2.45, 2.75) is 25.6 Å². The maximum Gasteiger partial charge on any atom is 0.323 e. The molecular formula is C24H26N6O6. The number of aliphatic carboxylic acids is 1. The van der Waals surface area contributed by atoms with Gasteiger partial charge in [-0.15, -0.1) is 0 Å². The molecule has 0 aliphatic heterocycles. The molecule has 0 saturated heterocycles. The minimum Gasteiger partial charge on any atom is -0.481 e. The molecule has 0 bridgehead atoms.